The molecular formula is C12H15N3O. The van der Waals surface area contributed by atoms with Gasteiger partial charge in [-0.2, -0.15) is 5.10 Å². The Morgan fingerprint density at radius 3 is 2.62 bits per heavy atom. The van der Waals surface area contributed by atoms with Crippen LogP contribution < -0.4 is 5.73 Å². The van der Waals surface area contributed by atoms with E-state index >= 15 is 0 Å². The maximum atomic E-state index is 9.78. The first-order valence-electron chi connectivity index (χ1n) is 5.22. The largest absolute Gasteiger partial charge is 0.387 e. The lowest BCUT2D eigenvalue weighted by molar-refractivity contribution is 0.153. The Labute approximate surface area is 94.3 Å². The van der Waals surface area contributed by atoms with E-state index in [4.69, 9.17) is 5.73 Å². The van der Waals surface area contributed by atoms with E-state index in [1.54, 1.807) is 24.0 Å². The fourth-order valence-electron chi connectivity index (χ4n) is 1.51. The van der Waals surface area contributed by atoms with Crippen LogP contribution >= 0.6 is 0 Å². The number of nitrogens with two attached hydrogens (primary N) is 1. The minimum atomic E-state index is -0.669. The second kappa shape index (κ2) is 4.47. The predicted octanol–water partition coefficient (Wildman–Crippen LogP) is 1.25. The number of para-hydroxylation sites is 1. The third-order valence-electron chi connectivity index (χ3n) is 2.46. The first kappa shape index (κ1) is 10.9. The average Bonchev–Trinajstić information content (AvgIpc) is 2.78. The van der Waals surface area contributed by atoms with Crippen LogP contribution in [0.4, 0.5) is 0 Å². The molecule has 0 amide bonds. The van der Waals surface area contributed by atoms with Crippen molar-refractivity contribution >= 4 is 0 Å². The Balaban J connectivity index is 2.27. The molecule has 2 unspecified atom stereocenters. The highest BCUT2D eigenvalue weighted by Gasteiger charge is 2.14. The lowest BCUT2D eigenvalue weighted by Gasteiger charge is -2.11. The molecule has 0 radical (unpaired) electrons. The highest BCUT2D eigenvalue weighted by Crippen LogP contribution is 2.16. The molecular weight excluding hydrogens is 202 g/mol. The van der Waals surface area contributed by atoms with Gasteiger partial charge in [0.05, 0.1) is 18.0 Å². The number of benzene rings is 1. The van der Waals surface area contributed by atoms with Crippen LogP contribution in [-0.4, -0.2) is 20.9 Å². The first-order valence-corrected chi connectivity index (χ1v) is 5.22. The quantitative estimate of drug-likeness (QED) is 0.813. The fraction of sp³-hybridized carbons (Fsp3) is 0.250. The normalized spacial score (nSPS) is 14.7. The molecule has 3 N–H and O–H groups in total. The van der Waals surface area contributed by atoms with Gasteiger partial charge in [0.25, 0.3) is 0 Å². The molecule has 2 rings (SSSR count). The van der Waals surface area contributed by atoms with Crippen LogP contribution in [-0.2, 0) is 0 Å². The van der Waals surface area contributed by atoms with Gasteiger partial charge in [-0.15, -0.1) is 0 Å². The summed E-state index contributed by atoms with van der Waals surface area (Å²) in [5, 5.41) is 14.0. The van der Waals surface area contributed by atoms with Gasteiger partial charge < -0.3 is 10.8 Å². The summed E-state index contributed by atoms with van der Waals surface area (Å²) in [6.45, 7) is 1.77. The van der Waals surface area contributed by atoms with Crippen molar-refractivity contribution in [2.75, 3.05) is 0 Å². The fourth-order valence-corrected chi connectivity index (χ4v) is 1.51. The Hall–Kier alpha value is -1.65. The van der Waals surface area contributed by atoms with E-state index in [1.807, 2.05) is 30.3 Å². The van der Waals surface area contributed by atoms with Crippen LogP contribution in [0, 0.1) is 0 Å². The maximum absolute atomic E-state index is 9.78. The molecule has 0 aliphatic carbocycles. The van der Waals surface area contributed by atoms with Crippen molar-refractivity contribution in [3.05, 3.63) is 48.3 Å². The SMILES string of the molecule is CC(N)C(O)c1cnn(-c2ccccc2)c1. The van der Waals surface area contributed by atoms with Gasteiger partial charge in [0.15, 0.2) is 0 Å². The van der Waals surface area contributed by atoms with Crippen LogP contribution in [0.3, 0.4) is 0 Å². The van der Waals surface area contributed by atoms with Crippen molar-refractivity contribution in [1.29, 1.82) is 0 Å². The van der Waals surface area contributed by atoms with E-state index in [9.17, 15) is 5.11 Å². The van der Waals surface area contributed by atoms with Gasteiger partial charge >= 0.3 is 0 Å². The van der Waals surface area contributed by atoms with Gasteiger partial charge in [-0.1, -0.05) is 18.2 Å². The lowest BCUT2D eigenvalue weighted by atomic mass is 10.1. The van der Waals surface area contributed by atoms with Gasteiger partial charge in [0.1, 0.15) is 0 Å². The maximum Gasteiger partial charge on any atom is 0.0968 e. The van der Waals surface area contributed by atoms with Gasteiger partial charge in [-0.05, 0) is 19.1 Å². The van der Waals surface area contributed by atoms with Gasteiger partial charge in [-0.25, -0.2) is 4.68 Å². The Bertz CT molecular complexity index is 450. The molecule has 4 nitrogen and oxygen atoms in total. The van der Waals surface area contributed by atoms with Crippen LogP contribution in [0.15, 0.2) is 42.7 Å². The molecule has 0 bridgehead atoms. The zero-order valence-corrected chi connectivity index (χ0v) is 9.12. The van der Waals surface area contributed by atoms with Gasteiger partial charge in [0, 0.05) is 17.8 Å². The lowest BCUT2D eigenvalue weighted by Crippen LogP contribution is -2.24. The molecule has 1 aromatic heterocycles. The van der Waals surface area contributed by atoms with Crippen LogP contribution in [0.5, 0.6) is 0 Å². The van der Waals surface area contributed by atoms with Gasteiger partial charge in [0.2, 0.25) is 0 Å². The Kier molecular flexibility index (Phi) is 3.03. The van der Waals surface area contributed by atoms with Crippen molar-refractivity contribution in [2.24, 2.45) is 5.73 Å². The first-order chi connectivity index (χ1) is 7.68. The molecule has 0 saturated carbocycles. The van der Waals surface area contributed by atoms with E-state index < -0.39 is 6.10 Å². The van der Waals surface area contributed by atoms with Crippen LogP contribution in [0.2, 0.25) is 0 Å². The van der Waals surface area contributed by atoms with Crippen molar-refractivity contribution in [1.82, 2.24) is 9.78 Å². The Morgan fingerprint density at radius 1 is 1.31 bits per heavy atom. The molecule has 0 fully saturated rings. The smallest absolute Gasteiger partial charge is 0.0968 e. The topological polar surface area (TPSA) is 64.1 Å². The van der Waals surface area contributed by atoms with Crippen molar-refractivity contribution in [2.45, 2.75) is 19.1 Å². The number of hydrogen-bond acceptors (Lipinski definition) is 3. The minimum absolute atomic E-state index is 0.298. The highest BCUT2D eigenvalue weighted by atomic mass is 16.3. The molecule has 0 saturated heterocycles. The van der Waals surface area contributed by atoms with Crippen LogP contribution in [0.1, 0.15) is 18.6 Å². The van der Waals surface area contributed by atoms with Crippen molar-refractivity contribution < 1.29 is 5.11 Å². The second-order valence-electron chi connectivity index (χ2n) is 3.86. The summed E-state index contributed by atoms with van der Waals surface area (Å²) >= 11 is 0. The average molecular weight is 217 g/mol. The van der Waals surface area contributed by atoms with E-state index in [-0.39, 0.29) is 6.04 Å². The number of aliphatic hydroxyl groups excluding tert-OH is 1. The summed E-state index contributed by atoms with van der Waals surface area (Å²) in [6.07, 6.45) is 2.77. The summed E-state index contributed by atoms with van der Waals surface area (Å²) in [5.41, 5.74) is 7.33. The zero-order valence-electron chi connectivity index (χ0n) is 9.12. The summed E-state index contributed by atoms with van der Waals surface area (Å²) in [7, 11) is 0. The third kappa shape index (κ3) is 2.13. The summed E-state index contributed by atoms with van der Waals surface area (Å²) < 4.78 is 1.72. The number of aromatic nitrogens is 2. The highest BCUT2D eigenvalue weighted by molar-refractivity contribution is 5.31. The number of nitrogens with zero attached hydrogens (tertiary/aromatic N) is 2. The molecule has 1 heterocycles. The number of hydrogen-bond donors (Lipinski definition) is 2. The van der Waals surface area contributed by atoms with E-state index in [2.05, 4.69) is 5.10 Å². The molecule has 2 aromatic rings. The van der Waals surface area contributed by atoms with E-state index in [0.29, 0.717) is 0 Å². The molecule has 4 heteroatoms. The molecule has 16 heavy (non-hydrogen) atoms. The zero-order chi connectivity index (χ0) is 11.5. The van der Waals surface area contributed by atoms with Crippen molar-refractivity contribution in [3.8, 4) is 5.69 Å². The number of aliphatic hydroxyl groups is 1. The molecule has 2 atom stereocenters. The molecule has 1 aromatic carbocycles. The van der Waals surface area contributed by atoms with Crippen molar-refractivity contribution in [3.63, 3.8) is 0 Å². The summed E-state index contributed by atoms with van der Waals surface area (Å²) in [4.78, 5) is 0. The minimum Gasteiger partial charge on any atom is -0.387 e. The van der Waals surface area contributed by atoms with Gasteiger partial charge in [-0.3, -0.25) is 0 Å². The molecule has 0 spiro atoms. The second-order valence-corrected chi connectivity index (χ2v) is 3.86. The summed E-state index contributed by atoms with van der Waals surface area (Å²) in [6, 6.07) is 9.44. The Morgan fingerprint density at radius 2 is 2.00 bits per heavy atom. The van der Waals surface area contributed by atoms with E-state index in [0.717, 1.165) is 11.3 Å². The molecule has 0 aliphatic rings. The third-order valence-corrected chi connectivity index (χ3v) is 2.46. The van der Waals surface area contributed by atoms with Crippen LogP contribution in [0.25, 0.3) is 5.69 Å². The van der Waals surface area contributed by atoms with E-state index in [1.165, 1.54) is 0 Å². The molecule has 0 aliphatic heterocycles. The standard InChI is InChI=1S/C12H15N3O/c1-9(13)12(16)10-7-14-15(8-10)11-5-3-2-4-6-11/h2-9,12,16H,13H2,1H3. The molecule has 84 valence electrons. The number of rotatable bonds is 3. The predicted molar refractivity (Wildman–Crippen MR) is 62.2 cm³/mol. The monoisotopic (exact) mass is 217 g/mol. The summed E-state index contributed by atoms with van der Waals surface area (Å²) in [5.74, 6) is 0.